The molecule has 5 atom stereocenters. The molecule has 2 bridgehead atoms. The third-order valence-corrected chi connectivity index (χ3v) is 8.11. The molecule has 2 aliphatic carbocycles. The average molecular weight is 433 g/mol. The third-order valence-electron chi connectivity index (χ3n) is 8.11. The summed E-state index contributed by atoms with van der Waals surface area (Å²) in [6, 6.07) is 4.34. The molecular formula is C23H32N2O6. The average Bonchev–Trinajstić information content (AvgIpc) is 3.33. The van der Waals surface area contributed by atoms with E-state index in [4.69, 9.17) is 9.47 Å². The van der Waals surface area contributed by atoms with Gasteiger partial charge < -0.3 is 30.3 Å². The summed E-state index contributed by atoms with van der Waals surface area (Å²) < 4.78 is 10.6. The van der Waals surface area contributed by atoms with Crippen LogP contribution in [0.25, 0.3) is 0 Å². The number of fused-ring (bicyclic) bond motifs is 3. The molecule has 8 heteroatoms. The third kappa shape index (κ3) is 3.65. The lowest BCUT2D eigenvalue weighted by Gasteiger charge is -2.37. The molecule has 0 saturated heterocycles. The fraction of sp³-hybridized carbons (Fsp3) is 0.652. The molecule has 2 saturated carbocycles. The second-order valence-corrected chi connectivity index (χ2v) is 9.81. The highest BCUT2D eigenvalue weighted by atomic mass is 16.7. The van der Waals surface area contributed by atoms with E-state index >= 15 is 0 Å². The standard InChI is InChI=1S/C23H32N2O6/c1-22(2)15-6-7-23(22,3)20(28)14(15)9-19(27)25-16(11-26)21(29)24-10-13-4-5-17-18(8-13)31-12-30-17/h4-5,8,14-16,20,26,28H,6-7,9-12H2,1-3H3,(H,24,29)(H,25,27)/t14?,15?,16-,20?,23?/m0/s1. The number of aliphatic hydroxyl groups is 2. The lowest BCUT2D eigenvalue weighted by molar-refractivity contribution is -0.131. The Kier molecular flexibility index (Phi) is 5.64. The van der Waals surface area contributed by atoms with Crippen LogP contribution in [0.15, 0.2) is 18.2 Å². The number of carbonyl (C=O) groups excluding carboxylic acids is 2. The summed E-state index contributed by atoms with van der Waals surface area (Å²) in [5.41, 5.74) is 0.595. The number of amides is 2. The first-order valence-electron chi connectivity index (χ1n) is 10.9. The molecule has 31 heavy (non-hydrogen) atoms. The monoisotopic (exact) mass is 432 g/mol. The summed E-state index contributed by atoms with van der Waals surface area (Å²) in [5, 5.41) is 25.9. The quantitative estimate of drug-likeness (QED) is 0.517. The van der Waals surface area contributed by atoms with Gasteiger partial charge in [-0.15, -0.1) is 0 Å². The Hall–Kier alpha value is -2.32. The van der Waals surface area contributed by atoms with E-state index in [2.05, 4.69) is 31.4 Å². The Balaban J connectivity index is 1.31. The lowest BCUT2D eigenvalue weighted by atomic mass is 9.70. The minimum Gasteiger partial charge on any atom is -0.454 e. The van der Waals surface area contributed by atoms with Crippen molar-refractivity contribution in [3.63, 3.8) is 0 Å². The van der Waals surface area contributed by atoms with E-state index < -0.39 is 24.7 Å². The van der Waals surface area contributed by atoms with Gasteiger partial charge in [0.05, 0.1) is 12.7 Å². The number of benzene rings is 1. The number of hydrogen-bond acceptors (Lipinski definition) is 6. The van der Waals surface area contributed by atoms with Crippen LogP contribution >= 0.6 is 0 Å². The zero-order valence-corrected chi connectivity index (χ0v) is 18.3. The van der Waals surface area contributed by atoms with E-state index in [9.17, 15) is 19.8 Å². The number of aliphatic hydroxyl groups excluding tert-OH is 2. The van der Waals surface area contributed by atoms with Crippen molar-refractivity contribution >= 4 is 11.8 Å². The molecule has 0 spiro atoms. The molecule has 2 fully saturated rings. The number of ether oxygens (including phenoxy) is 2. The van der Waals surface area contributed by atoms with Crippen molar-refractivity contribution in [1.82, 2.24) is 10.6 Å². The zero-order valence-electron chi connectivity index (χ0n) is 18.3. The van der Waals surface area contributed by atoms with Gasteiger partial charge in [-0.2, -0.15) is 0 Å². The second-order valence-electron chi connectivity index (χ2n) is 9.81. The lowest BCUT2D eigenvalue weighted by Crippen LogP contribution is -2.49. The van der Waals surface area contributed by atoms with Gasteiger partial charge in [0.15, 0.2) is 11.5 Å². The summed E-state index contributed by atoms with van der Waals surface area (Å²) in [4.78, 5) is 25.2. The molecule has 4 unspecified atom stereocenters. The van der Waals surface area contributed by atoms with Gasteiger partial charge >= 0.3 is 0 Å². The summed E-state index contributed by atoms with van der Waals surface area (Å²) in [5.74, 6) is 0.633. The first-order valence-corrected chi connectivity index (χ1v) is 10.9. The van der Waals surface area contributed by atoms with Crippen molar-refractivity contribution in [3.8, 4) is 11.5 Å². The Morgan fingerprint density at radius 1 is 1.23 bits per heavy atom. The fourth-order valence-corrected chi connectivity index (χ4v) is 5.81. The number of rotatable bonds is 7. The van der Waals surface area contributed by atoms with Crippen molar-refractivity contribution in [2.75, 3.05) is 13.4 Å². The molecular weight excluding hydrogens is 400 g/mol. The topological polar surface area (TPSA) is 117 Å². The highest BCUT2D eigenvalue weighted by Gasteiger charge is 2.65. The van der Waals surface area contributed by atoms with Crippen LogP contribution in [0.4, 0.5) is 0 Å². The SMILES string of the molecule is CC1(C)C2CCC1(C)C(O)C2CC(=O)N[C@@H](CO)C(=O)NCc1ccc2c(c1)OCO2. The highest BCUT2D eigenvalue weighted by molar-refractivity contribution is 5.87. The smallest absolute Gasteiger partial charge is 0.245 e. The maximum absolute atomic E-state index is 12.7. The highest BCUT2D eigenvalue weighted by Crippen LogP contribution is 2.68. The van der Waals surface area contributed by atoms with Crippen LogP contribution in [0.1, 0.15) is 45.6 Å². The first kappa shape index (κ1) is 21.9. The second kappa shape index (κ2) is 7.98. The Bertz CT molecular complexity index is 872. The van der Waals surface area contributed by atoms with Gasteiger partial charge in [0.1, 0.15) is 6.04 Å². The molecule has 0 aromatic heterocycles. The largest absolute Gasteiger partial charge is 0.454 e. The van der Waals surface area contributed by atoms with E-state index in [1.54, 1.807) is 12.1 Å². The molecule has 0 radical (unpaired) electrons. The Morgan fingerprint density at radius 3 is 2.65 bits per heavy atom. The van der Waals surface area contributed by atoms with E-state index in [1.165, 1.54) is 0 Å². The van der Waals surface area contributed by atoms with Gasteiger partial charge in [-0.1, -0.05) is 26.8 Å². The predicted molar refractivity (Wildman–Crippen MR) is 112 cm³/mol. The Morgan fingerprint density at radius 2 is 1.97 bits per heavy atom. The predicted octanol–water partition coefficient (Wildman–Crippen LogP) is 1.33. The van der Waals surface area contributed by atoms with E-state index in [1.807, 2.05) is 6.07 Å². The maximum Gasteiger partial charge on any atom is 0.245 e. The molecule has 3 aliphatic rings. The molecule has 2 amide bonds. The molecule has 1 aromatic rings. The van der Waals surface area contributed by atoms with E-state index in [0.717, 1.165) is 18.4 Å². The number of carbonyl (C=O) groups is 2. The van der Waals surface area contributed by atoms with Crippen LogP contribution in [-0.2, 0) is 16.1 Å². The van der Waals surface area contributed by atoms with Crippen molar-refractivity contribution in [3.05, 3.63) is 23.8 Å². The van der Waals surface area contributed by atoms with Gasteiger partial charge in [-0.05, 0) is 53.2 Å². The van der Waals surface area contributed by atoms with Crippen LogP contribution in [0.2, 0.25) is 0 Å². The first-order chi connectivity index (χ1) is 14.7. The minimum atomic E-state index is -1.04. The summed E-state index contributed by atoms with van der Waals surface area (Å²) in [7, 11) is 0. The van der Waals surface area contributed by atoms with Gasteiger partial charge in [0.2, 0.25) is 18.6 Å². The van der Waals surface area contributed by atoms with E-state index in [-0.39, 0.29) is 48.3 Å². The van der Waals surface area contributed by atoms with Crippen LogP contribution in [-0.4, -0.2) is 47.6 Å². The summed E-state index contributed by atoms with van der Waals surface area (Å²) >= 11 is 0. The van der Waals surface area contributed by atoms with Gasteiger partial charge in [-0.25, -0.2) is 0 Å². The molecule has 1 heterocycles. The van der Waals surface area contributed by atoms with Crippen LogP contribution in [0, 0.1) is 22.7 Å². The number of nitrogens with one attached hydrogen (secondary N) is 2. The van der Waals surface area contributed by atoms with Crippen LogP contribution < -0.4 is 20.1 Å². The molecule has 4 N–H and O–H groups in total. The van der Waals surface area contributed by atoms with Gasteiger partial charge in [0, 0.05) is 13.0 Å². The molecule has 4 rings (SSSR count). The van der Waals surface area contributed by atoms with Gasteiger partial charge in [-0.3, -0.25) is 9.59 Å². The molecule has 8 nitrogen and oxygen atoms in total. The van der Waals surface area contributed by atoms with Crippen LogP contribution in [0.5, 0.6) is 11.5 Å². The normalized spacial score (nSPS) is 30.8. The zero-order chi connectivity index (χ0) is 22.4. The van der Waals surface area contributed by atoms with Crippen molar-refractivity contribution in [2.24, 2.45) is 22.7 Å². The molecule has 1 aliphatic heterocycles. The molecule has 1 aromatic carbocycles. The number of hydrogen-bond donors (Lipinski definition) is 4. The van der Waals surface area contributed by atoms with Crippen molar-refractivity contribution < 1.29 is 29.3 Å². The van der Waals surface area contributed by atoms with Crippen molar-refractivity contribution in [2.45, 2.75) is 58.7 Å². The minimum absolute atomic E-state index is 0.0320. The maximum atomic E-state index is 12.7. The van der Waals surface area contributed by atoms with Gasteiger partial charge in [0.25, 0.3) is 0 Å². The van der Waals surface area contributed by atoms with Crippen molar-refractivity contribution in [1.29, 1.82) is 0 Å². The fourth-order valence-electron chi connectivity index (χ4n) is 5.81. The summed E-state index contributed by atoms with van der Waals surface area (Å²) in [6.45, 7) is 6.36. The van der Waals surface area contributed by atoms with E-state index in [0.29, 0.717) is 11.5 Å². The molecule has 170 valence electrons. The summed E-state index contributed by atoms with van der Waals surface area (Å²) in [6.07, 6.45) is 1.57. The van der Waals surface area contributed by atoms with Crippen LogP contribution in [0.3, 0.4) is 0 Å². The Labute approximate surface area is 182 Å².